The van der Waals surface area contributed by atoms with Crippen LogP contribution in [0.15, 0.2) is 36.4 Å². The van der Waals surface area contributed by atoms with E-state index in [0.29, 0.717) is 5.56 Å². The number of nitrogens with one attached hydrogen (secondary N) is 2. The predicted octanol–water partition coefficient (Wildman–Crippen LogP) is 3.78. The Morgan fingerprint density at radius 2 is 1.67 bits per heavy atom. The van der Waals surface area contributed by atoms with Gasteiger partial charge in [-0.15, -0.1) is 6.42 Å². The number of hydrogen-bond acceptors (Lipinski definition) is 3. The fourth-order valence-corrected chi connectivity index (χ4v) is 2.40. The van der Waals surface area contributed by atoms with E-state index >= 15 is 0 Å². The molecular weight excluding hydrogens is 360 g/mol. The maximum atomic E-state index is 15.0. The zero-order valence-electron chi connectivity index (χ0n) is 13.9. The zero-order chi connectivity index (χ0) is 20.0. The van der Waals surface area contributed by atoms with Crippen LogP contribution in [0.3, 0.4) is 0 Å². The second-order valence-corrected chi connectivity index (χ2v) is 5.37. The summed E-state index contributed by atoms with van der Waals surface area (Å²) in [6.07, 6.45) is 2.28. The predicted molar refractivity (Wildman–Crippen MR) is 96.0 cm³/mol. The van der Waals surface area contributed by atoms with Crippen LogP contribution in [-0.2, 0) is 6.54 Å². The van der Waals surface area contributed by atoms with Gasteiger partial charge in [-0.1, -0.05) is 18.1 Å². The van der Waals surface area contributed by atoms with Crippen molar-refractivity contribution in [1.29, 1.82) is 0 Å². The van der Waals surface area contributed by atoms with Gasteiger partial charge in [0.25, 0.3) is 0 Å². The number of amides is 2. The van der Waals surface area contributed by atoms with Crippen molar-refractivity contribution in [3.63, 3.8) is 0 Å². The number of terminal acetylenes is 1. The van der Waals surface area contributed by atoms with Gasteiger partial charge in [0.15, 0.2) is 5.82 Å². The van der Waals surface area contributed by atoms with Gasteiger partial charge in [-0.3, -0.25) is 10.6 Å². The summed E-state index contributed by atoms with van der Waals surface area (Å²) in [5.74, 6) is 0.946. The molecule has 0 aliphatic rings. The lowest BCUT2D eigenvalue weighted by molar-refractivity contribution is 0.208. The Labute approximate surface area is 153 Å². The van der Waals surface area contributed by atoms with E-state index in [1.165, 1.54) is 41.3 Å². The third-order valence-corrected chi connectivity index (χ3v) is 3.50. The second-order valence-electron chi connectivity index (χ2n) is 5.37. The Hall–Kier alpha value is -3.80. The number of nitrogens with zero attached hydrogens (tertiary/aromatic N) is 1. The molecule has 0 bridgehead atoms. The summed E-state index contributed by atoms with van der Waals surface area (Å²) in [6.45, 7) is 0.103. The molecule has 0 fully saturated rings. The highest BCUT2D eigenvalue weighted by molar-refractivity contribution is 5.95. The molecule has 0 aliphatic carbocycles. The SMILES string of the molecule is C#CCN(Cc1ccc(F)cc1)c1ccc(NC(=O)O)c(NC(=O)O)c1F. The molecule has 4 N–H and O–H groups in total. The van der Waals surface area contributed by atoms with Crippen molar-refractivity contribution in [2.45, 2.75) is 6.54 Å². The second kappa shape index (κ2) is 8.53. The molecule has 2 rings (SSSR count). The van der Waals surface area contributed by atoms with Crippen molar-refractivity contribution >= 4 is 29.2 Å². The lowest BCUT2D eigenvalue weighted by Crippen LogP contribution is -2.25. The monoisotopic (exact) mass is 375 g/mol. The van der Waals surface area contributed by atoms with E-state index in [9.17, 15) is 18.4 Å². The van der Waals surface area contributed by atoms with E-state index in [2.05, 4.69) is 5.92 Å². The Morgan fingerprint density at radius 1 is 1.04 bits per heavy atom. The van der Waals surface area contributed by atoms with Crippen LogP contribution in [0.25, 0.3) is 0 Å². The number of rotatable bonds is 6. The number of hydrogen-bond donors (Lipinski definition) is 4. The van der Waals surface area contributed by atoms with Crippen molar-refractivity contribution in [3.8, 4) is 12.3 Å². The Bertz CT molecular complexity index is 895. The fraction of sp³-hybridized carbons (Fsp3) is 0.111. The Kier molecular flexibility index (Phi) is 6.17. The molecule has 7 nitrogen and oxygen atoms in total. The average molecular weight is 375 g/mol. The average Bonchev–Trinajstić information content (AvgIpc) is 2.59. The fourth-order valence-electron chi connectivity index (χ4n) is 2.40. The van der Waals surface area contributed by atoms with Crippen LogP contribution in [0.4, 0.5) is 35.4 Å². The summed E-state index contributed by atoms with van der Waals surface area (Å²) in [4.78, 5) is 23.2. The first-order valence-corrected chi connectivity index (χ1v) is 7.57. The van der Waals surface area contributed by atoms with Gasteiger partial charge in [0.1, 0.15) is 11.5 Å². The van der Waals surface area contributed by atoms with E-state index in [1.807, 2.05) is 10.6 Å². The normalized spacial score (nSPS) is 9.96. The minimum absolute atomic E-state index is 0.0213. The Balaban J connectivity index is 2.45. The molecule has 0 spiro atoms. The largest absolute Gasteiger partial charge is 0.465 e. The van der Waals surface area contributed by atoms with Crippen molar-refractivity contribution in [2.24, 2.45) is 0 Å². The van der Waals surface area contributed by atoms with Gasteiger partial charge < -0.3 is 15.1 Å². The summed E-state index contributed by atoms with van der Waals surface area (Å²) in [5, 5.41) is 21.5. The highest BCUT2D eigenvalue weighted by Crippen LogP contribution is 2.33. The summed E-state index contributed by atoms with van der Waals surface area (Å²) < 4.78 is 28.0. The summed E-state index contributed by atoms with van der Waals surface area (Å²) in [5.41, 5.74) is -0.222. The van der Waals surface area contributed by atoms with Crippen LogP contribution < -0.4 is 15.5 Å². The summed E-state index contributed by atoms with van der Waals surface area (Å²) >= 11 is 0. The van der Waals surface area contributed by atoms with Gasteiger partial charge >= 0.3 is 12.2 Å². The number of carbonyl (C=O) groups is 2. The minimum Gasteiger partial charge on any atom is -0.465 e. The highest BCUT2D eigenvalue weighted by Gasteiger charge is 2.20. The molecule has 140 valence electrons. The zero-order valence-corrected chi connectivity index (χ0v) is 13.9. The molecule has 0 atom stereocenters. The van der Waals surface area contributed by atoms with Gasteiger partial charge in [-0.05, 0) is 29.8 Å². The van der Waals surface area contributed by atoms with Crippen LogP contribution in [0.1, 0.15) is 5.56 Å². The lowest BCUT2D eigenvalue weighted by Gasteiger charge is -2.25. The molecule has 2 amide bonds. The summed E-state index contributed by atoms with van der Waals surface area (Å²) in [6, 6.07) is 8.00. The van der Waals surface area contributed by atoms with E-state index in [-0.39, 0.29) is 24.5 Å². The number of anilines is 3. The quantitative estimate of drug-likeness (QED) is 0.576. The van der Waals surface area contributed by atoms with E-state index in [0.717, 1.165) is 0 Å². The van der Waals surface area contributed by atoms with Gasteiger partial charge in [0.05, 0.1) is 17.9 Å². The summed E-state index contributed by atoms with van der Waals surface area (Å²) in [7, 11) is 0. The molecule has 0 saturated carbocycles. The molecule has 2 aromatic rings. The van der Waals surface area contributed by atoms with Crippen LogP contribution in [0, 0.1) is 24.0 Å². The highest BCUT2D eigenvalue weighted by atomic mass is 19.1. The molecule has 0 aliphatic heterocycles. The first-order valence-electron chi connectivity index (χ1n) is 7.57. The molecule has 0 unspecified atom stereocenters. The van der Waals surface area contributed by atoms with Crippen LogP contribution in [0.2, 0.25) is 0 Å². The third kappa shape index (κ3) is 5.09. The third-order valence-electron chi connectivity index (χ3n) is 3.50. The standard InChI is InChI=1S/C18H15F2N3O4/c1-2-9-23(10-11-3-5-12(19)6-4-11)14-8-7-13(21-17(24)25)16(15(14)20)22-18(26)27/h1,3-8,21-22H,9-10H2,(H,24,25)(H,26,27). The first-order chi connectivity index (χ1) is 12.8. The smallest absolute Gasteiger partial charge is 0.409 e. The van der Waals surface area contributed by atoms with E-state index < -0.39 is 29.5 Å². The van der Waals surface area contributed by atoms with E-state index in [4.69, 9.17) is 16.6 Å². The van der Waals surface area contributed by atoms with Crippen LogP contribution in [0.5, 0.6) is 0 Å². The molecule has 9 heteroatoms. The van der Waals surface area contributed by atoms with Crippen LogP contribution in [-0.4, -0.2) is 28.9 Å². The molecule has 0 saturated heterocycles. The lowest BCUT2D eigenvalue weighted by atomic mass is 10.1. The molecule has 0 heterocycles. The van der Waals surface area contributed by atoms with Gasteiger partial charge in [-0.25, -0.2) is 18.4 Å². The van der Waals surface area contributed by atoms with Gasteiger partial charge in [-0.2, -0.15) is 0 Å². The molecule has 27 heavy (non-hydrogen) atoms. The van der Waals surface area contributed by atoms with Crippen molar-refractivity contribution < 1.29 is 28.6 Å². The van der Waals surface area contributed by atoms with Gasteiger partial charge in [0, 0.05) is 6.54 Å². The molecule has 2 aromatic carbocycles. The molecule has 0 aromatic heterocycles. The number of halogens is 2. The minimum atomic E-state index is -1.57. The molecular formula is C18H15F2N3O4. The maximum absolute atomic E-state index is 15.0. The Morgan fingerprint density at radius 3 is 2.22 bits per heavy atom. The van der Waals surface area contributed by atoms with Crippen LogP contribution >= 0.6 is 0 Å². The van der Waals surface area contributed by atoms with E-state index in [1.54, 1.807) is 0 Å². The van der Waals surface area contributed by atoms with Crippen molar-refractivity contribution in [3.05, 3.63) is 53.6 Å². The van der Waals surface area contributed by atoms with Crippen molar-refractivity contribution in [1.82, 2.24) is 0 Å². The molecule has 0 radical (unpaired) electrons. The first kappa shape index (κ1) is 19.5. The number of carboxylic acid groups (broad SMARTS) is 2. The van der Waals surface area contributed by atoms with Gasteiger partial charge in [0.2, 0.25) is 0 Å². The number of benzene rings is 2. The topological polar surface area (TPSA) is 102 Å². The van der Waals surface area contributed by atoms with Crippen molar-refractivity contribution in [2.75, 3.05) is 22.1 Å². The maximum Gasteiger partial charge on any atom is 0.409 e.